The Morgan fingerprint density at radius 3 is 2.73 bits per heavy atom. The number of piperidine rings is 1. The number of hydrogen-bond donors (Lipinski definition) is 2. The van der Waals surface area contributed by atoms with Crippen LogP contribution in [-0.4, -0.2) is 37.0 Å². The summed E-state index contributed by atoms with van der Waals surface area (Å²) in [5, 5.41) is 2.89. The molecule has 122 valence electrons. The van der Waals surface area contributed by atoms with Crippen LogP contribution in [-0.2, 0) is 11.3 Å². The van der Waals surface area contributed by atoms with Crippen LogP contribution in [0.25, 0.3) is 0 Å². The van der Waals surface area contributed by atoms with Crippen LogP contribution in [0.2, 0.25) is 0 Å². The van der Waals surface area contributed by atoms with Crippen LogP contribution >= 0.6 is 0 Å². The van der Waals surface area contributed by atoms with Crippen LogP contribution in [0, 0.1) is 17.6 Å². The normalized spacial score (nSPS) is 16.7. The fourth-order valence-electron chi connectivity index (χ4n) is 2.74. The largest absolute Gasteiger partial charge is 0.356 e. The van der Waals surface area contributed by atoms with Crippen molar-refractivity contribution in [2.24, 2.45) is 11.7 Å². The van der Waals surface area contributed by atoms with Gasteiger partial charge in [-0.3, -0.25) is 9.69 Å². The third-order valence-corrected chi connectivity index (χ3v) is 4.09. The molecule has 1 aliphatic rings. The number of likely N-dealkylation sites (tertiary alicyclic amines) is 1. The van der Waals surface area contributed by atoms with E-state index in [1.165, 1.54) is 6.07 Å². The molecule has 6 heteroatoms. The number of carbonyl (C=O) groups excluding carboxylic acids is 1. The number of nitrogens with two attached hydrogens (primary N) is 1. The number of nitrogens with zero attached hydrogens (tertiary/aromatic N) is 1. The molecule has 1 heterocycles. The van der Waals surface area contributed by atoms with E-state index in [4.69, 9.17) is 5.73 Å². The highest BCUT2D eigenvalue weighted by molar-refractivity contribution is 5.75. The summed E-state index contributed by atoms with van der Waals surface area (Å²) < 4.78 is 26.8. The number of rotatable bonds is 6. The van der Waals surface area contributed by atoms with E-state index in [0.29, 0.717) is 37.5 Å². The standard InChI is InChI=1S/C16H23F2N3O/c17-14-3-1-2-13(16(14)18)11-21-8-5-12(6-9-21)10-20-15(22)4-7-19/h1-3,12H,4-11,19H2,(H,20,22). The molecule has 22 heavy (non-hydrogen) atoms. The first-order chi connectivity index (χ1) is 10.6. The van der Waals surface area contributed by atoms with Gasteiger partial charge in [0.2, 0.25) is 5.91 Å². The molecule has 0 aromatic heterocycles. The zero-order chi connectivity index (χ0) is 15.9. The lowest BCUT2D eigenvalue weighted by Crippen LogP contribution is -2.38. The zero-order valence-electron chi connectivity index (χ0n) is 12.7. The monoisotopic (exact) mass is 311 g/mol. The summed E-state index contributed by atoms with van der Waals surface area (Å²) in [6.07, 6.45) is 2.25. The SMILES string of the molecule is NCCC(=O)NCC1CCN(Cc2cccc(F)c2F)CC1. The summed E-state index contributed by atoms with van der Waals surface area (Å²) in [6, 6.07) is 4.29. The molecule has 0 saturated carbocycles. The lowest BCUT2D eigenvalue weighted by Gasteiger charge is -2.32. The van der Waals surface area contributed by atoms with E-state index in [-0.39, 0.29) is 5.91 Å². The Morgan fingerprint density at radius 2 is 2.05 bits per heavy atom. The molecule has 1 aliphatic heterocycles. The Kier molecular flexibility index (Phi) is 6.27. The van der Waals surface area contributed by atoms with Gasteiger partial charge in [0.25, 0.3) is 0 Å². The first kappa shape index (κ1) is 16.8. The van der Waals surface area contributed by atoms with Gasteiger partial charge >= 0.3 is 0 Å². The molecule has 0 unspecified atom stereocenters. The van der Waals surface area contributed by atoms with E-state index in [2.05, 4.69) is 10.2 Å². The van der Waals surface area contributed by atoms with Crippen LogP contribution in [0.15, 0.2) is 18.2 Å². The molecule has 1 saturated heterocycles. The van der Waals surface area contributed by atoms with E-state index in [9.17, 15) is 13.6 Å². The Hall–Kier alpha value is -1.53. The Labute approximate surface area is 129 Å². The molecule has 1 fully saturated rings. The Morgan fingerprint density at radius 1 is 1.32 bits per heavy atom. The minimum Gasteiger partial charge on any atom is -0.356 e. The van der Waals surface area contributed by atoms with Gasteiger partial charge in [0.05, 0.1) is 0 Å². The Bertz CT molecular complexity index is 502. The maximum absolute atomic E-state index is 13.7. The van der Waals surface area contributed by atoms with Gasteiger partial charge < -0.3 is 11.1 Å². The van der Waals surface area contributed by atoms with E-state index >= 15 is 0 Å². The van der Waals surface area contributed by atoms with Crippen LogP contribution in [0.1, 0.15) is 24.8 Å². The molecule has 4 nitrogen and oxygen atoms in total. The quantitative estimate of drug-likeness (QED) is 0.840. The fourth-order valence-corrected chi connectivity index (χ4v) is 2.74. The Balaban J connectivity index is 1.75. The van der Waals surface area contributed by atoms with Crippen molar-refractivity contribution in [1.29, 1.82) is 0 Å². The molecule has 1 aromatic carbocycles. The summed E-state index contributed by atoms with van der Waals surface area (Å²) in [5.74, 6) is -1.12. The van der Waals surface area contributed by atoms with Gasteiger partial charge in [-0.2, -0.15) is 0 Å². The van der Waals surface area contributed by atoms with E-state index in [1.54, 1.807) is 6.07 Å². The fraction of sp³-hybridized carbons (Fsp3) is 0.562. The number of carbonyl (C=O) groups is 1. The molecule has 3 N–H and O–H groups in total. The smallest absolute Gasteiger partial charge is 0.221 e. The lowest BCUT2D eigenvalue weighted by molar-refractivity contribution is -0.121. The van der Waals surface area contributed by atoms with Gasteiger partial charge in [0.15, 0.2) is 11.6 Å². The van der Waals surface area contributed by atoms with Crippen molar-refractivity contribution < 1.29 is 13.6 Å². The molecular weight excluding hydrogens is 288 g/mol. The molecule has 0 spiro atoms. The van der Waals surface area contributed by atoms with Crippen LogP contribution < -0.4 is 11.1 Å². The summed E-state index contributed by atoms with van der Waals surface area (Å²) in [7, 11) is 0. The second-order valence-electron chi connectivity index (χ2n) is 5.78. The molecule has 1 aromatic rings. The van der Waals surface area contributed by atoms with Crippen molar-refractivity contribution in [3.63, 3.8) is 0 Å². The molecule has 0 radical (unpaired) electrons. The van der Waals surface area contributed by atoms with E-state index in [1.807, 2.05) is 0 Å². The highest BCUT2D eigenvalue weighted by Crippen LogP contribution is 2.20. The second-order valence-corrected chi connectivity index (χ2v) is 5.78. The van der Waals surface area contributed by atoms with Crippen molar-refractivity contribution in [1.82, 2.24) is 10.2 Å². The maximum atomic E-state index is 13.7. The topological polar surface area (TPSA) is 58.4 Å². The average Bonchev–Trinajstić information content (AvgIpc) is 2.51. The summed E-state index contributed by atoms with van der Waals surface area (Å²) in [5.41, 5.74) is 5.73. The third kappa shape index (κ3) is 4.74. The molecule has 0 atom stereocenters. The van der Waals surface area contributed by atoms with Crippen molar-refractivity contribution in [2.45, 2.75) is 25.8 Å². The minimum absolute atomic E-state index is 0.00763. The summed E-state index contributed by atoms with van der Waals surface area (Å²) in [4.78, 5) is 13.5. The second kappa shape index (κ2) is 8.19. The van der Waals surface area contributed by atoms with E-state index < -0.39 is 11.6 Å². The van der Waals surface area contributed by atoms with Crippen molar-refractivity contribution >= 4 is 5.91 Å². The average molecular weight is 311 g/mol. The van der Waals surface area contributed by atoms with Gasteiger partial charge in [0.1, 0.15) is 0 Å². The predicted octanol–water partition coefficient (Wildman–Crippen LogP) is 1.64. The van der Waals surface area contributed by atoms with Crippen molar-refractivity contribution in [3.05, 3.63) is 35.4 Å². The molecule has 0 bridgehead atoms. The first-order valence-electron chi connectivity index (χ1n) is 7.72. The lowest BCUT2D eigenvalue weighted by atomic mass is 9.96. The van der Waals surface area contributed by atoms with Crippen molar-refractivity contribution in [3.8, 4) is 0 Å². The first-order valence-corrected chi connectivity index (χ1v) is 7.72. The number of benzene rings is 1. The highest BCUT2D eigenvalue weighted by Gasteiger charge is 2.21. The number of nitrogens with one attached hydrogen (secondary N) is 1. The van der Waals surface area contributed by atoms with Gasteiger partial charge in [-0.15, -0.1) is 0 Å². The summed E-state index contributed by atoms with van der Waals surface area (Å²) >= 11 is 0. The molecule has 0 aliphatic carbocycles. The third-order valence-electron chi connectivity index (χ3n) is 4.09. The van der Waals surface area contributed by atoms with Crippen LogP contribution in [0.4, 0.5) is 8.78 Å². The van der Waals surface area contributed by atoms with Gasteiger partial charge in [0, 0.05) is 31.6 Å². The number of hydrogen-bond acceptors (Lipinski definition) is 3. The van der Waals surface area contributed by atoms with Crippen molar-refractivity contribution in [2.75, 3.05) is 26.2 Å². The predicted molar refractivity (Wildman–Crippen MR) is 81.0 cm³/mol. The molecule has 1 amide bonds. The molecular formula is C16H23F2N3O. The minimum atomic E-state index is -0.796. The van der Waals surface area contributed by atoms with Gasteiger partial charge in [-0.25, -0.2) is 8.78 Å². The highest BCUT2D eigenvalue weighted by atomic mass is 19.2. The number of amides is 1. The van der Waals surface area contributed by atoms with Gasteiger partial charge in [-0.1, -0.05) is 12.1 Å². The number of halogens is 2. The molecule has 2 rings (SSSR count). The van der Waals surface area contributed by atoms with Crippen LogP contribution in [0.3, 0.4) is 0 Å². The van der Waals surface area contributed by atoms with Gasteiger partial charge in [-0.05, 0) is 37.9 Å². The maximum Gasteiger partial charge on any atom is 0.221 e. The van der Waals surface area contributed by atoms with Crippen LogP contribution in [0.5, 0.6) is 0 Å². The summed E-state index contributed by atoms with van der Waals surface area (Å²) in [6.45, 7) is 3.11. The van der Waals surface area contributed by atoms with E-state index in [0.717, 1.165) is 32.0 Å². The zero-order valence-corrected chi connectivity index (χ0v) is 12.7.